The fourth-order valence-corrected chi connectivity index (χ4v) is 2.07. The van der Waals surface area contributed by atoms with Gasteiger partial charge in [-0.15, -0.1) is 0 Å². The van der Waals surface area contributed by atoms with Crippen molar-refractivity contribution in [2.45, 2.75) is 13.0 Å². The van der Waals surface area contributed by atoms with Gasteiger partial charge in [0.1, 0.15) is 11.5 Å². The van der Waals surface area contributed by atoms with E-state index in [2.05, 4.69) is 17.1 Å². The summed E-state index contributed by atoms with van der Waals surface area (Å²) in [7, 11) is 0. The van der Waals surface area contributed by atoms with E-state index in [9.17, 15) is 5.11 Å². The predicted molar refractivity (Wildman–Crippen MR) is 78.9 cm³/mol. The highest BCUT2D eigenvalue weighted by atomic mass is 16.5. The number of aliphatic hydroxyl groups is 1. The van der Waals surface area contributed by atoms with Crippen molar-refractivity contribution in [2.75, 3.05) is 0 Å². The van der Waals surface area contributed by atoms with Crippen LogP contribution in [0.3, 0.4) is 0 Å². The molecule has 3 aromatic rings. The molecule has 20 heavy (non-hydrogen) atoms. The van der Waals surface area contributed by atoms with Crippen LogP contribution in [0.15, 0.2) is 60.8 Å². The predicted octanol–water partition coefficient (Wildman–Crippen LogP) is 4.08. The Morgan fingerprint density at radius 1 is 0.950 bits per heavy atom. The van der Waals surface area contributed by atoms with Gasteiger partial charge in [0.2, 0.25) is 0 Å². The highest BCUT2D eigenvalue weighted by Crippen LogP contribution is 2.25. The lowest BCUT2D eigenvalue weighted by Gasteiger charge is -2.08. The van der Waals surface area contributed by atoms with Gasteiger partial charge in [0, 0.05) is 0 Å². The molecule has 0 amide bonds. The van der Waals surface area contributed by atoms with Crippen LogP contribution in [0, 0.1) is 0 Å². The Kier molecular flexibility index (Phi) is 3.35. The summed E-state index contributed by atoms with van der Waals surface area (Å²) < 4.78 is 5.78. The minimum Gasteiger partial charge on any atom is -0.456 e. The van der Waals surface area contributed by atoms with Crippen LogP contribution in [0.4, 0.5) is 0 Å². The van der Waals surface area contributed by atoms with Crippen molar-refractivity contribution in [3.05, 3.63) is 66.5 Å². The molecule has 1 atom stereocenters. The topological polar surface area (TPSA) is 42.4 Å². The van der Waals surface area contributed by atoms with Gasteiger partial charge in [0.05, 0.1) is 18.0 Å². The number of aliphatic hydroxyl groups excluding tert-OH is 1. The molecule has 0 aliphatic carbocycles. The first-order valence-corrected chi connectivity index (χ1v) is 6.53. The molecule has 2 aromatic carbocycles. The number of pyridine rings is 1. The van der Waals surface area contributed by atoms with Crippen LogP contribution >= 0.6 is 0 Å². The second-order valence-corrected chi connectivity index (χ2v) is 4.71. The van der Waals surface area contributed by atoms with Gasteiger partial charge in [0.15, 0.2) is 0 Å². The second kappa shape index (κ2) is 5.31. The van der Waals surface area contributed by atoms with Gasteiger partial charge in [-0.1, -0.05) is 30.3 Å². The number of rotatable bonds is 3. The SMILES string of the molecule is CC(O)c1ccc(Oc2ccc3ccccc3c2)cn1. The molecule has 0 radical (unpaired) electrons. The molecule has 0 fully saturated rings. The molecule has 0 spiro atoms. The molecule has 1 unspecified atom stereocenters. The maximum atomic E-state index is 9.42. The van der Waals surface area contributed by atoms with Crippen molar-refractivity contribution in [3.8, 4) is 11.5 Å². The lowest BCUT2D eigenvalue weighted by Crippen LogP contribution is -1.95. The smallest absolute Gasteiger partial charge is 0.145 e. The Hall–Kier alpha value is -2.39. The monoisotopic (exact) mass is 265 g/mol. The van der Waals surface area contributed by atoms with Crippen LogP contribution < -0.4 is 4.74 Å². The normalized spacial score (nSPS) is 12.3. The number of hydrogen-bond donors (Lipinski definition) is 1. The zero-order valence-electron chi connectivity index (χ0n) is 11.2. The number of ether oxygens (including phenoxy) is 1. The van der Waals surface area contributed by atoms with E-state index in [1.807, 2.05) is 36.4 Å². The molecular weight excluding hydrogens is 250 g/mol. The molecule has 0 bridgehead atoms. The van der Waals surface area contributed by atoms with Gasteiger partial charge in [-0.2, -0.15) is 0 Å². The average Bonchev–Trinajstić information content (AvgIpc) is 2.48. The first-order chi connectivity index (χ1) is 9.72. The van der Waals surface area contributed by atoms with Crippen molar-refractivity contribution in [1.29, 1.82) is 0 Å². The highest BCUT2D eigenvalue weighted by molar-refractivity contribution is 5.83. The number of benzene rings is 2. The van der Waals surface area contributed by atoms with Gasteiger partial charge in [-0.25, -0.2) is 0 Å². The van der Waals surface area contributed by atoms with E-state index in [0.29, 0.717) is 11.4 Å². The zero-order valence-corrected chi connectivity index (χ0v) is 11.2. The van der Waals surface area contributed by atoms with Crippen LogP contribution in [0.1, 0.15) is 18.7 Å². The van der Waals surface area contributed by atoms with Crippen LogP contribution in [0.2, 0.25) is 0 Å². The van der Waals surface area contributed by atoms with E-state index < -0.39 is 6.10 Å². The Morgan fingerprint density at radius 2 is 1.70 bits per heavy atom. The molecule has 0 aliphatic rings. The summed E-state index contributed by atoms with van der Waals surface area (Å²) in [6.45, 7) is 1.69. The largest absolute Gasteiger partial charge is 0.456 e. The van der Waals surface area contributed by atoms with E-state index >= 15 is 0 Å². The number of nitrogens with zero attached hydrogens (tertiary/aromatic N) is 1. The van der Waals surface area contributed by atoms with E-state index in [4.69, 9.17) is 4.74 Å². The van der Waals surface area contributed by atoms with E-state index in [-0.39, 0.29) is 0 Å². The molecule has 0 aliphatic heterocycles. The van der Waals surface area contributed by atoms with Gasteiger partial charge in [-0.3, -0.25) is 4.98 Å². The standard InChI is InChI=1S/C17H15NO2/c1-12(19)17-9-8-16(11-18-17)20-15-7-6-13-4-2-3-5-14(13)10-15/h2-12,19H,1H3. The van der Waals surface area contributed by atoms with Crippen molar-refractivity contribution in [1.82, 2.24) is 4.98 Å². The van der Waals surface area contributed by atoms with Crippen molar-refractivity contribution in [3.63, 3.8) is 0 Å². The third-order valence-electron chi connectivity index (χ3n) is 3.14. The van der Waals surface area contributed by atoms with Gasteiger partial charge in [0.25, 0.3) is 0 Å². The van der Waals surface area contributed by atoms with Gasteiger partial charge < -0.3 is 9.84 Å². The summed E-state index contributed by atoms with van der Waals surface area (Å²) >= 11 is 0. The third-order valence-corrected chi connectivity index (χ3v) is 3.14. The molecule has 100 valence electrons. The maximum absolute atomic E-state index is 9.42. The number of aromatic nitrogens is 1. The van der Waals surface area contributed by atoms with Crippen molar-refractivity contribution < 1.29 is 9.84 Å². The highest BCUT2D eigenvalue weighted by Gasteiger charge is 2.03. The molecule has 0 saturated heterocycles. The molecule has 3 heteroatoms. The fraction of sp³-hybridized carbons (Fsp3) is 0.118. The van der Waals surface area contributed by atoms with Gasteiger partial charge >= 0.3 is 0 Å². The molecular formula is C17H15NO2. The van der Waals surface area contributed by atoms with Crippen molar-refractivity contribution in [2.24, 2.45) is 0 Å². The number of fused-ring (bicyclic) bond motifs is 1. The minimum atomic E-state index is -0.565. The lowest BCUT2D eigenvalue weighted by atomic mass is 10.1. The van der Waals surface area contributed by atoms with Crippen LogP contribution in [0.5, 0.6) is 11.5 Å². The fourth-order valence-electron chi connectivity index (χ4n) is 2.07. The average molecular weight is 265 g/mol. The third kappa shape index (κ3) is 2.63. The summed E-state index contributed by atoms with van der Waals surface area (Å²) in [4.78, 5) is 4.16. The second-order valence-electron chi connectivity index (χ2n) is 4.71. The van der Waals surface area contributed by atoms with Crippen LogP contribution in [0.25, 0.3) is 10.8 Å². The summed E-state index contributed by atoms with van der Waals surface area (Å²) in [5.41, 5.74) is 0.635. The Bertz CT molecular complexity index is 720. The number of hydrogen-bond acceptors (Lipinski definition) is 3. The summed E-state index contributed by atoms with van der Waals surface area (Å²) in [5.74, 6) is 1.43. The molecule has 3 rings (SSSR count). The van der Waals surface area contributed by atoms with E-state index in [1.165, 1.54) is 5.39 Å². The lowest BCUT2D eigenvalue weighted by molar-refractivity contribution is 0.194. The Labute approximate surface area is 117 Å². The molecule has 1 heterocycles. The Balaban J connectivity index is 1.85. The van der Waals surface area contributed by atoms with E-state index in [1.54, 1.807) is 19.2 Å². The first kappa shape index (κ1) is 12.6. The summed E-state index contributed by atoms with van der Waals surface area (Å²) in [5, 5.41) is 11.7. The van der Waals surface area contributed by atoms with Crippen molar-refractivity contribution >= 4 is 10.8 Å². The van der Waals surface area contributed by atoms with Crippen LogP contribution in [-0.4, -0.2) is 10.1 Å². The minimum absolute atomic E-state index is 0.565. The summed E-state index contributed by atoms with van der Waals surface area (Å²) in [6.07, 6.45) is 1.06. The maximum Gasteiger partial charge on any atom is 0.145 e. The van der Waals surface area contributed by atoms with E-state index in [0.717, 1.165) is 11.1 Å². The quantitative estimate of drug-likeness (QED) is 0.775. The molecule has 3 nitrogen and oxygen atoms in total. The summed E-state index contributed by atoms with van der Waals surface area (Å²) in [6, 6.07) is 17.7. The molecule has 1 aromatic heterocycles. The first-order valence-electron chi connectivity index (χ1n) is 6.53. The zero-order chi connectivity index (χ0) is 13.9. The van der Waals surface area contributed by atoms with Crippen LogP contribution in [-0.2, 0) is 0 Å². The molecule has 0 saturated carbocycles. The Morgan fingerprint density at radius 3 is 2.40 bits per heavy atom. The molecule has 1 N–H and O–H groups in total. The van der Waals surface area contributed by atoms with Gasteiger partial charge in [-0.05, 0) is 42.0 Å².